The Hall–Kier alpha value is -0.610. The number of hydrogen-bond acceptors (Lipinski definition) is 4. The monoisotopic (exact) mass is 241 g/mol. The molecule has 1 N–H and O–H groups in total. The molecule has 1 aliphatic heterocycles. The molecule has 4 nitrogen and oxygen atoms in total. The standard InChI is InChI=1S/C13H23NO3/c1-13(12(16)17-2)7-8-14(9-13)10-5-3-4-6-11(10)15/h10-11,15H,3-9H2,1-2H3/t10-,11-,13-/m1/s1. The lowest BCUT2D eigenvalue weighted by atomic mass is 9.89. The topological polar surface area (TPSA) is 49.8 Å². The quantitative estimate of drug-likeness (QED) is 0.737. The molecule has 0 aromatic carbocycles. The number of carbonyl (C=O) groups is 1. The number of rotatable bonds is 2. The van der Waals surface area contributed by atoms with Gasteiger partial charge < -0.3 is 9.84 Å². The van der Waals surface area contributed by atoms with E-state index in [9.17, 15) is 9.90 Å². The van der Waals surface area contributed by atoms with Crippen LogP contribution in [0.3, 0.4) is 0 Å². The zero-order valence-corrected chi connectivity index (χ0v) is 10.8. The van der Waals surface area contributed by atoms with Crippen LogP contribution in [0.2, 0.25) is 0 Å². The Labute approximate surface area is 103 Å². The third-order valence-electron chi connectivity index (χ3n) is 4.34. The Morgan fingerprint density at radius 2 is 2.12 bits per heavy atom. The van der Waals surface area contributed by atoms with Crippen LogP contribution in [-0.4, -0.2) is 48.3 Å². The van der Waals surface area contributed by atoms with Crippen molar-refractivity contribution in [3.63, 3.8) is 0 Å². The molecule has 2 rings (SSSR count). The number of esters is 1. The molecule has 3 atom stereocenters. The fourth-order valence-electron chi connectivity index (χ4n) is 3.21. The molecule has 4 heteroatoms. The van der Waals surface area contributed by atoms with Crippen molar-refractivity contribution in [3.05, 3.63) is 0 Å². The van der Waals surface area contributed by atoms with E-state index in [0.717, 1.165) is 38.8 Å². The third-order valence-corrected chi connectivity index (χ3v) is 4.34. The van der Waals surface area contributed by atoms with Crippen molar-refractivity contribution >= 4 is 5.97 Å². The van der Waals surface area contributed by atoms with Crippen molar-refractivity contribution in [2.75, 3.05) is 20.2 Å². The van der Waals surface area contributed by atoms with Crippen LogP contribution >= 0.6 is 0 Å². The van der Waals surface area contributed by atoms with Crippen LogP contribution in [0.1, 0.15) is 39.0 Å². The molecule has 2 fully saturated rings. The van der Waals surface area contributed by atoms with E-state index in [1.807, 2.05) is 6.92 Å². The lowest BCUT2D eigenvalue weighted by Gasteiger charge is -2.35. The van der Waals surface area contributed by atoms with Gasteiger partial charge in [-0.25, -0.2) is 0 Å². The lowest BCUT2D eigenvalue weighted by Crippen LogP contribution is -2.45. The van der Waals surface area contributed by atoms with E-state index in [1.54, 1.807) is 0 Å². The number of nitrogens with zero attached hydrogens (tertiary/aromatic N) is 1. The summed E-state index contributed by atoms with van der Waals surface area (Å²) in [6.45, 7) is 3.59. The van der Waals surface area contributed by atoms with Crippen molar-refractivity contribution in [3.8, 4) is 0 Å². The summed E-state index contributed by atoms with van der Waals surface area (Å²) in [4.78, 5) is 14.0. The Kier molecular flexibility index (Phi) is 3.73. The molecule has 98 valence electrons. The summed E-state index contributed by atoms with van der Waals surface area (Å²) in [6.07, 6.45) is 4.88. The maximum atomic E-state index is 11.7. The molecule has 0 amide bonds. The molecule has 1 heterocycles. The molecule has 0 aromatic heterocycles. The van der Waals surface area contributed by atoms with Crippen LogP contribution in [0, 0.1) is 5.41 Å². The molecule has 1 aliphatic carbocycles. The van der Waals surface area contributed by atoms with Crippen molar-refractivity contribution in [1.82, 2.24) is 4.90 Å². The minimum absolute atomic E-state index is 0.120. The molecule has 2 aliphatic rings. The molecule has 0 aromatic rings. The Morgan fingerprint density at radius 3 is 2.76 bits per heavy atom. The van der Waals surface area contributed by atoms with E-state index in [4.69, 9.17) is 4.74 Å². The van der Waals surface area contributed by atoms with Crippen LogP contribution in [-0.2, 0) is 9.53 Å². The van der Waals surface area contributed by atoms with Gasteiger partial charge in [0.25, 0.3) is 0 Å². The highest BCUT2D eigenvalue weighted by Gasteiger charge is 2.44. The summed E-state index contributed by atoms with van der Waals surface area (Å²) >= 11 is 0. The molecule has 17 heavy (non-hydrogen) atoms. The highest BCUT2D eigenvalue weighted by Crippen LogP contribution is 2.35. The van der Waals surface area contributed by atoms with Gasteiger partial charge in [-0.1, -0.05) is 12.8 Å². The number of carbonyl (C=O) groups excluding carboxylic acids is 1. The number of ether oxygens (including phenoxy) is 1. The maximum Gasteiger partial charge on any atom is 0.312 e. The first-order valence-electron chi connectivity index (χ1n) is 6.57. The van der Waals surface area contributed by atoms with Crippen LogP contribution in [0.25, 0.3) is 0 Å². The van der Waals surface area contributed by atoms with Crippen LogP contribution in [0.4, 0.5) is 0 Å². The zero-order chi connectivity index (χ0) is 12.5. The predicted molar refractivity (Wildman–Crippen MR) is 64.6 cm³/mol. The maximum absolute atomic E-state index is 11.7. The van der Waals surface area contributed by atoms with Gasteiger partial charge in [0.15, 0.2) is 0 Å². The van der Waals surface area contributed by atoms with Gasteiger partial charge in [-0.05, 0) is 32.7 Å². The summed E-state index contributed by atoms with van der Waals surface area (Å²) in [7, 11) is 1.45. The van der Waals surface area contributed by atoms with Crippen molar-refractivity contribution in [1.29, 1.82) is 0 Å². The molecule has 0 spiro atoms. The van der Waals surface area contributed by atoms with E-state index in [1.165, 1.54) is 13.5 Å². The SMILES string of the molecule is COC(=O)[C@]1(C)CCN([C@@H]2CCCC[C@H]2O)C1. The van der Waals surface area contributed by atoms with Crippen molar-refractivity contribution in [2.24, 2.45) is 5.41 Å². The average Bonchev–Trinajstić information content (AvgIpc) is 2.72. The molecular formula is C13H23NO3. The second kappa shape index (κ2) is 4.94. The van der Waals surface area contributed by atoms with Gasteiger partial charge in [0.05, 0.1) is 18.6 Å². The molecule has 1 saturated carbocycles. The van der Waals surface area contributed by atoms with E-state index in [2.05, 4.69) is 4.90 Å². The van der Waals surface area contributed by atoms with Gasteiger partial charge in [0, 0.05) is 12.6 Å². The van der Waals surface area contributed by atoms with Gasteiger partial charge in [-0.3, -0.25) is 9.69 Å². The zero-order valence-electron chi connectivity index (χ0n) is 10.8. The number of methoxy groups -OCH3 is 1. The summed E-state index contributed by atoms with van der Waals surface area (Å²) in [5, 5.41) is 10.0. The van der Waals surface area contributed by atoms with Crippen LogP contribution < -0.4 is 0 Å². The largest absolute Gasteiger partial charge is 0.469 e. The fourth-order valence-corrected chi connectivity index (χ4v) is 3.21. The Balaban J connectivity index is 1.99. The normalized spacial score (nSPS) is 39.2. The second-order valence-corrected chi connectivity index (χ2v) is 5.69. The minimum Gasteiger partial charge on any atom is -0.469 e. The average molecular weight is 241 g/mol. The number of aliphatic hydroxyl groups excluding tert-OH is 1. The van der Waals surface area contributed by atoms with Crippen LogP contribution in [0.5, 0.6) is 0 Å². The summed E-state index contributed by atoms with van der Waals surface area (Å²) < 4.78 is 4.87. The van der Waals surface area contributed by atoms with E-state index < -0.39 is 0 Å². The lowest BCUT2D eigenvalue weighted by molar-refractivity contribution is -0.151. The first-order chi connectivity index (χ1) is 8.07. The molecule has 0 radical (unpaired) electrons. The van der Waals surface area contributed by atoms with Crippen LogP contribution in [0.15, 0.2) is 0 Å². The smallest absolute Gasteiger partial charge is 0.312 e. The first-order valence-corrected chi connectivity index (χ1v) is 6.57. The van der Waals surface area contributed by atoms with Gasteiger partial charge in [-0.15, -0.1) is 0 Å². The predicted octanol–water partition coefficient (Wildman–Crippen LogP) is 1.17. The minimum atomic E-state index is -0.383. The number of hydrogen-bond donors (Lipinski definition) is 1. The first kappa shape index (κ1) is 12.8. The Bertz CT molecular complexity index is 294. The molecule has 1 saturated heterocycles. The highest BCUT2D eigenvalue weighted by molar-refractivity contribution is 5.77. The second-order valence-electron chi connectivity index (χ2n) is 5.69. The number of likely N-dealkylation sites (tertiary alicyclic amines) is 1. The summed E-state index contributed by atoms with van der Waals surface area (Å²) in [5.74, 6) is -0.120. The van der Waals surface area contributed by atoms with Crippen molar-refractivity contribution in [2.45, 2.75) is 51.2 Å². The number of aliphatic hydroxyl groups is 1. The van der Waals surface area contributed by atoms with Gasteiger partial charge in [-0.2, -0.15) is 0 Å². The van der Waals surface area contributed by atoms with E-state index >= 15 is 0 Å². The Morgan fingerprint density at radius 1 is 1.41 bits per heavy atom. The summed E-state index contributed by atoms with van der Waals surface area (Å²) in [5.41, 5.74) is -0.383. The fraction of sp³-hybridized carbons (Fsp3) is 0.923. The van der Waals surface area contributed by atoms with Gasteiger partial charge in [0.1, 0.15) is 0 Å². The van der Waals surface area contributed by atoms with Crippen molar-refractivity contribution < 1.29 is 14.6 Å². The van der Waals surface area contributed by atoms with Gasteiger partial charge in [0.2, 0.25) is 0 Å². The third kappa shape index (κ3) is 2.47. The van der Waals surface area contributed by atoms with Gasteiger partial charge >= 0.3 is 5.97 Å². The van der Waals surface area contributed by atoms with E-state index in [-0.39, 0.29) is 23.5 Å². The summed E-state index contributed by atoms with van der Waals surface area (Å²) in [6, 6.07) is 0.246. The molecule has 0 bridgehead atoms. The molecule has 0 unspecified atom stereocenters. The highest BCUT2D eigenvalue weighted by atomic mass is 16.5. The molecular weight excluding hydrogens is 218 g/mol. The van der Waals surface area contributed by atoms with E-state index in [0.29, 0.717) is 0 Å².